The molecule has 0 N–H and O–H groups in total. The molecule has 1 heterocycles. The van der Waals surface area contributed by atoms with Crippen molar-refractivity contribution in [2.24, 2.45) is 0 Å². The predicted octanol–water partition coefficient (Wildman–Crippen LogP) is 1.10. The van der Waals surface area contributed by atoms with E-state index in [4.69, 9.17) is 11.6 Å². The molecule has 0 aliphatic carbocycles. The van der Waals surface area contributed by atoms with E-state index in [0.717, 1.165) is 5.56 Å². The molecule has 1 aromatic rings. The quantitative estimate of drug-likeness (QED) is 0.664. The van der Waals surface area contributed by atoms with Crippen molar-refractivity contribution >= 4 is 32.8 Å². The predicted molar refractivity (Wildman–Crippen MR) is 65.6 cm³/mol. The molecule has 0 saturated heterocycles. The van der Waals surface area contributed by atoms with Crippen LogP contribution in [0.25, 0.3) is 0 Å². The molecule has 0 unspecified atom stereocenters. The first-order valence-electron chi connectivity index (χ1n) is 5.04. The standard InChI is InChI=1S/C11H10ClNO3S/c1-7(14)13-5-4-8-2-3-9(12)6-10(8)11(13)17(15)16/h2-3,6H,4-5H2,1H3. The van der Waals surface area contributed by atoms with E-state index >= 15 is 0 Å². The Morgan fingerprint density at radius 3 is 2.71 bits per heavy atom. The molecule has 2 rings (SSSR count). The van der Waals surface area contributed by atoms with Gasteiger partial charge in [0.25, 0.3) is 0 Å². The fourth-order valence-corrected chi connectivity index (χ4v) is 2.87. The molecule has 4 nitrogen and oxygen atoms in total. The Hall–Kier alpha value is -1.33. The lowest BCUT2D eigenvalue weighted by atomic mass is 10.00. The van der Waals surface area contributed by atoms with Crippen LogP contribution in [0.4, 0.5) is 0 Å². The number of carbonyl (C=O) groups is 1. The lowest BCUT2D eigenvalue weighted by Gasteiger charge is -2.27. The second-order valence-electron chi connectivity index (χ2n) is 3.76. The van der Waals surface area contributed by atoms with Crippen molar-refractivity contribution in [3.8, 4) is 0 Å². The lowest BCUT2D eigenvalue weighted by Crippen LogP contribution is -2.41. The van der Waals surface area contributed by atoms with Gasteiger partial charge in [-0.1, -0.05) is 17.7 Å². The topological polar surface area (TPSA) is 54.5 Å². The van der Waals surface area contributed by atoms with Gasteiger partial charge in [-0.25, -0.2) is 0 Å². The molecule has 1 aromatic carbocycles. The molecule has 1 amide bonds. The lowest BCUT2D eigenvalue weighted by molar-refractivity contribution is -0.125. The van der Waals surface area contributed by atoms with E-state index in [1.165, 1.54) is 11.8 Å². The van der Waals surface area contributed by atoms with Crippen LogP contribution < -0.4 is 0 Å². The molecular formula is C11H10ClNO3S. The highest BCUT2D eigenvalue weighted by Gasteiger charge is 2.26. The molecule has 0 radical (unpaired) electrons. The van der Waals surface area contributed by atoms with Crippen molar-refractivity contribution in [2.45, 2.75) is 13.3 Å². The normalized spacial score (nSPS) is 14.5. The average molecular weight is 272 g/mol. The molecule has 1 aliphatic rings. The van der Waals surface area contributed by atoms with Crippen LogP contribution >= 0.6 is 11.6 Å². The zero-order valence-electron chi connectivity index (χ0n) is 9.10. The number of rotatable bonds is 0. The summed E-state index contributed by atoms with van der Waals surface area (Å²) in [7, 11) is -2.46. The van der Waals surface area contributed by atoms with Crippen molar-refractivity contribution in [3.63, 3.8) is 0 Å². The van der Waals surface area contributed by atoms with Crippen LogP contribution in [0.2, 0.25) is 5.02 Å². The van der Waals surface area contributed by atoms with Crippen molar-refractivity contribution in [3.05, 3.63) is 34.3 Å². The molecule has 0 fully saturated rings. The summed E-state index contributed by atoms with van der Waals surface area (Å²) in [5.74, 6) is -0.283. The van der Waals surface area contributed by atoms with Crippen LogP contribution in [0.15, 0.2) is 18.2 Å². The first-order valence-corrected chi connectivity index (χ1v) is 6.49. The number of nitrogens with zero attached hydrogens (tertiary/aromatic N) is 1. The molecule has 6 heteroatoms. The van der Waals surface area contributed by atoms with Gasteiger partial charge in [-0.3, -0.25) is 9.69 Å². The van der Waals surface area contributed by atoms with Gasteiger partial charge in [0.05, 0.1) is 0 Å². The van der Waals surface area contributed by atoms with E-state index < -0.39 is 10.3 Å². The van der Waals surface area contributed by atoms with Crippen molar-refractivity contribution in [1.29, 1.82) is 0 Å². The number of amides is 1. The number of carbonyl (C=O) groups excluding carboxylic acids is 1. The summed E-state index contributed by atoms with van der Waals surface area (Å²) < 4.78 is 22.5. The second-order valence-corrected chi connectivity index (χ2v) is 5.05. The molecule has 0 aromatic heterocycles. The Labute approximate surface area is 105 Å². The van der Waals surface area contributed by atoms with Crippen LogP contribution in [-0.4, -0.2) is 30.8 Å². The van der Waals surface area contributed by atoms with Crippen LogP contribution in [-0.2, 0) is 21.5 Å². The van der Waals surface area contributed by atoms with Crippen LogP contribution in [0.3, 0.4) is 0 Å². The number of benzene rings is 1. The highest BCUT2D eigenvalue weighted by Crippen LogP contribution is 2.22. The van der Waals surface area contributed by atoms with Gasteiger partial charge in [0, 0.05) is 24.1 Å². The molecule has 0 bridgehead atoms. The summed E-state index contributed by atoms with van der Waals surface area (Å²) in [4.78, 5) is 12.7. The average Bonchev–Trinajstić information content (AvgIpc) is 2.26. The largest absolute Gasteiger partial charge is 0.299 e. The van der Waals surface area contributed by atoms with Crippen LogP contribution in [0, 0.1) is 0 Å². The molecular weight excluding hydrogens is 262 g/mol. The number of halogens is 1. The number of hydrogen-bond donors (Lipinski definition) is 0. The summed E-state index contributed by atoms with van der Waals surface area (Å²) in [6, 6.07) is 5.09. The van der Waals surface area contributed by atoms with E-state index in [-0.39, 0.29) is 10.9 Å². The van der Waals surface area contributed by atoms with Gasteiger partial charge < -0.3 is 0 Å². The Morgan fingerprint density at radius 2 is 2.12 bits per heavy atom. The van der Waals surface area contributed by atoms with Gasteiger partial charge in [-0.2, -0.15) is 8.42 Å². The zero-order valence-corrected chi connectivity index (χ0v) is 10.7. The van der Waals surface area contributed by atoms with Crippen molar-refractivity contribution < 1.29 is 13.2 Å². The SMILES string of the molecule is CC(=O)N1CCc2ccc(Cl)cc2C1=S(=O)=O. The zero-order chi connectivity index (χ0) is 12.6. The van der Waals surface area contributed by atoms with Crippen molar-refractivity contribution in [1.82, 2.24) is 4.90 Å². The fraction of sp³-hybridized carbons (Fsp3) is 0.273. The van der Waals surface area contributed by atoms with E-state index in [0.29, 0.717) is 23.6 Å². The van der Waals surface area contributed by atoms with Gasteiger partial charge in [0.1, 0.15) is 0 Å². The summed E-state index contributed by atoms with van der Waals surface area (Å²) >= 11 is 5.86. The third-order valence-corrected chi connectivity index (χ3v) is 3.68. The maximum absolute atomic E-state index is 11.4. The molecule has 0 spiro atoms. The summed E-state index contributed by atoms with van der Waals surface area (Å²) in [6.07, 6.45) is 0.632. The highest BCUT2D eigenvalue weighted by atomic mass is 35.5. The van der Waals surface area contributed by atoms with Gasteiger partial charge in [0.15, 0.2) is 4.99 Å². The third kappa shape index (κ3) is 2.21. The Balaban J connectivity index is 2.70. The molecule has 0 saturated carbocycles. The Bertz CT molecular complexity index is 614. The van der Waals surface area contributed by atoms with Gasteiger partial charge in [-0.05, 0) is 24.1 Å². The second kappa shape index (κ2) is 4.50. The monoisotopic (exact) mass is 271 g/mol. The minimum atomic E-state index is -2.46. The first kappa shape index (κ1) is 12.1. The minimum Gasteiger partial charge on any atom is -0.299 e. The Morgan fingerprint density at radius 1 is 1.41 bits per heavy atom. The number of hydrogen-bond acceptors (Lipinski definition) is 3. The van der Waals surface area contributed by atoms with E-state index in [2.05, 4.69) is 0 Å². The van der Waals surface area contributed by atoms with Crippen LogP contribution in [0.5, 0.6) is 0 Å². The van der Waals surface area contributed by atoms with E-state index in [1.807, 2.05) is 0 Å². The molecule has 90 valence electrons. The van der Waals surface area contributed by atoms with E-state index in [9.17, 15) is 13.2 Å². The fourth-order valence-electron chi connectivity index (χ4n) is 1.93. The number of fused-ring (bicyclic) bond motifs is 1. The smallest absolute Gasteiger partial charge is 0.239 e. The van der Waals surface area contributed by atoms with Crippen LogP contribution in [0.1, 0.15) is 18.1 Å². The first-order chi connectivity index (χ1) is 8.00. The summed E-state index contributed by atoms with van der Waals surface area (Å²) in [5, 5.41) is 0.456. The minimum absolute atomic E-state index is 0.0150. The van der Waals surface area contributed by atoms with Gasteiger partial charge in [-0.15, -0.1) is 0 Å². The highest BCUT2D eigenvalue weighted by molar-refractivity contribution is 7.73. The van der Waals surface area contributed by atoms with Gasteiger partial charge in [0.2, 0.25) is 16.2 Å². The molecule has 0 atom stereocenters. The summed E-state index contributed by atoms with van der Waals surface area (Å²) in [5.41, 5.74) is 1.42. The maximum atomic E-state index is 11.4. The third-order valence-electron chi connectivity index (χ3n) is 2.69. The Kier molecular flexibility index (Phi) is 3.22. The van der Waals surface area contributed by atoms with Crippen molar-refractivity contribution in [2.75, 3.05) is 6.54 Å². The molecule has 1 aliphatic heterocycles. The maximum Gasteiger partial charge on any atom is 0.239 e. The molecule has 17 heavy (non-hydrogen) atoms. The summed E-state index contributed by atoms with van der Waals surface area (Å²) in [6.45, 7) is 1.73. The van der Waals surface area contributed by atoms with E-state index in [1.54, 1.807) is 18.2 Å². The van der Waals surface area contributed by atoms with Gasteiger partial charge >= 0.3 is 0 Å².